The van der Waals surface area contributed by atoms with Gasteiger partial charge in [-0.25, -0.2) is 0 Å². The molecule has 1 N–H and O–H groups in total. The van der Waals surface area contributed by atoms with E-state index in [1.807, 2.05) is 23.1 Å². The fourth-order valence-corrected chi connectivity index (χ4v) is 4.27. The van der Waals surface area contributed by atoms with Gasteiger partial charge in [-0.2, -0.15) is 4.68 Å². The van der Waals surface area contributed by atoms with Gasteiger partial charge in [0.25, 0.3) is 5.56 Å². The monoisotopic (exact) mass is 482 g/mol. The topological polar surface area (TPSA) is 85.7 Å². The molecule has 3 aromatic rings. The smallest absolute Gasteiger partial charge is 0.271 e. The third-order valence-corrected chi connectivity index (χ3v) is 6.10. The van der Waals surface area contributed by atoms with Gasteiger partial charge in [0.05, 0.1) is 25.8 Å². The van der Waals surface area contributed by atoms with Gasteiger partial charge in [0.2, 0.25) is 5.91 Å². The number of halogens is 1. The van der Waals surface area contributed by atoms with Gasteiger partial charge >= 0.3 is 0 Å². The van der Waals surface area contributed by atoms with Gasteiger partial charge in [0, 0.05) is 30.7 Å². The molecule has 1 fully saturated rings. The van der Waals surface area contributed by atoms with Crippen LogP contribution in [0.3, 0.4) is 0 Å². The van der Waals surface area contributed by atoms with E-state index in [0.29, 0.717) is 41.1 Å². The van der Waals surface area contributed by atoms with Gasteiger partial charge in [0.15, 0.2) is 11.5 Å². The second kappa shape index (κ2) is 10.6. The summed E-state index contributed by atoms with van der Waals surface area (Å²) in [5.41, 5.74) is 1.28. The summed E-state index contributed by atoms with van der Waals surface area (Å²) in [5.74, 6) is 1.73. The highest BCUT2D eigenvalue weighted by atomic mass is 35.5. The number of piperidine rings is 1. The molecule has 2 heterocycles. The van der Waals surface area contributed by atoms with Gasteiger partial charge in [-0.15, -0.1) is 5.10 Å². The predicted octanol–water partition coefficient (Wildman–Crippen LogP) is 3.44. The first-order valence-corrected chi connectivity index (χ1v) is 11.5. The molecule has 0 saturated carbocycles. The molecule has 0 radical (unpaired) electrons. The number of aromatic nitrogens is 2. The van der Waals surface area contributed by atoms with Crippen molar-refractivity contribution in [2.45, 2.75) is 19.4 Å². The number of benzene rings is 2. The normalized spacial score (nSPS) is 15.6. The van der Waals surface area contributed by atoms with Crippen LogP contribution in [0.25, 0.3) is 5.69 Å². The van der Waals surface area contributed by atoms with Crippen LogP contribution in [-0.2, 0) is 11.3 Å². The fourth-order valence-electron chi connectivity index (χ4n) is 4.09. The van der Waals surface area contributed by atoms with E-state index in [1.165, 1.54) is 10.7 Å². The number of ether oxygens (including phenoxy) is 2. The molecule has 0 bridgehead atoms. The van der Waals surface area contributed by atoms with Gasteiger partial charge in [-0.05, 0) is 54.8 Å². The summed E-state index contributed by atoms with van der Waals surface area (Å²) in [7, 11) is 3.17. The summed E-state index contributed by atoms with van der Waals surface area (Å²) >= 11 is 6.08. The highest BCUT2D eigenvalue weighted by Crippen LogP contribution is 2.28. The van der Waals surface area contributed by atoms with Crippen LogP contribution < -0.4 is 25.2 Å². The number of hydrogen-bond acceptors (Lipinski definition) is 6. The summed E-state index contributed by atoms with van der Waals surface area (Å²) in [6, 6.07) is 15.8. The van der Waals surface area contributed by atoms with Crippen molar-refractivity contribution < 1.29 is 14.3 Å². The number of nitrogens with zero attached hydrogens (tertiary/aromatic N) is 3. The molecule has 1 atom stereocenters. The maximum Gasteiger partial charge on any atom is 0.271 e. The molecule has 4 rings (SSSR count). The second-order valence-electron chi connectivity index (χ2n) is 8.11. The molecule has 1 saturated heterocycles. The van der Waals surface area contributed by atoms with Crippen LogP contribution in [-0.4, -0.2) is 43.0 Å². The molecule has 0 aliphatic carbocycles. The molecule has 2 aromatic carbocycles. The van der Waals surface area contributed by atoms with E-state index in [9.17, 15) is 9.59 Å². The van der Waals surface area contributed by atoms with E-state index in [2.05, 4.69) is 10.4 Å². The number of amides is 1. The predicted molar refractivity (Wildman–Crippen MR) is 131 cm³/mol. The highest BCUT2D eigenvalue weighted by Gasteiger charge is 2.27. The number of rotatable bonds is 7. The van der Waals surface area contributed by atoms with Crippen LogP contribution >= 0.6 is 11.6 Å². The minimum Gasteiger partial charge on any atom is -0.493 e. The largest absolute Gasteiger partial charge is 0.493 e. The molecule has 9 heteroatoms. The third-order valence-electron chi connectivity index (χ3n) is 5.87. The van der Waals surface area contributed by atoms with Crippen LogP contribution in [0.2, 0.25) is 5.02 Å². The van der Waals surface area contributed by atoms with Crippen molar-refractivity contribution in [1.29, 1.82) is 0 Å². The summed E-state index contributed by atoms with van der Waals surface area (Å²) in [4.78, 5) is 27.4. The average Bonchev–Trinajstić information content (AvgIpc) is 2.87. The van der Waals surface area contributed by atoms with Crippen LogP contribution in [0.1, 0.15) is 18.4 Å². The summed E-state index contributed by atoms with van der Waals surface area (Å²) < 4.78 is 11.9. The maximum absolute atomic E-state index is 12.9. The van der Waals surface area contributed by atoms with Crippen LogP contribution in [0.4, 0.5) is 5.82 Å². The Hall–Kier alpha value is -3.52. The van der Waals surface area contributed by atoms with Crippen molar-refractivity contribution in [3.05, 3.63) is 75.5 Å². The lowest BCUT2D eigenvalue weighted by Crippen LogP contribution is -2.43. The Balaban J connectivity index is 1.44. The third kappa shape index (κ3) is 5.34. The minimum atomic E-state index is -0.243. The van der Waals surface area contributed by atoms with Gasteiger partial charge in [0.1, 0.15) is 5.82 Å². The number of methoxy groups -OCH3 is 2. The molecule has 1 unspecified atom stereocenters. The maximum atomic E-state index is 12.9. The van der Waals surface area contributed by atoms with Crippen molar-refractivity contribution in [1.82, 2.24) is 15.1 Å². The van der Waals surface area contributed by atoms with E-state index in [1.54, 1.807) is 44.6 Å². The lowest BCUT2D eigenvalue weighted by atomic mass is 9.97. The average molecular weight is 483 g/mol. The molecule has 1 aromatic heterocycles. The van der Waals surface area contributed by atoms with E-state index >= 15 is 0 Å². The summed E-state index contributed by atoms with van der Waals surface area (Å²) in [6.45, 7) is 1.69. The molecule has 1 amide bonds. The molecular formula is C25H27ClN4O4. The Kier molecular flexibility index (Phi) is 7.37. The molecule has 34 heavy (non-hydrogen) atoms. The first-order chi connectivity index (χ1) is 16.5. The first-order valence-electron chi connectivity index (χ1n) is 11.1. The van der Waals surface area contributed by atoms with E-state index in [-0.39, 0.29) is 17.4 Å². The number of nitrogens with one attached hydrogen (secondary N) is 1. The zero-order valence-corrected chi connectivity index (χ0v) is 19.9. The highest BCUT2D eigenvalue weighted by molar-refractivity contribution is 6.30. The zero-order valence-electron chi connectivity index (χ0n) is 19.2. The molecular weight excluding hydrogens is 456 g/mol. The molecule has 178 valence electrons. The minimum absolute atomic E-state index is 0.0114. The summed E-state index contributed by atoms with van der Waals surface area (Å²) in [5, 5.41) is 8.10. The van der Waals surface area contributed by atoms with Crippen LogP contribution in [0.15, 0.2) is 59.4 Å². The van der Waals surface area contributed by atoms with Crippen molar-refractivity contribution >= 4 is 23.3 Å². The lowest BCUT2D eigenvalue weighted by Gasteiger charge is -2.33. The van der Waals surface area contributed by atoms with Gasteiger partial charge < -0.3 is 19.7 Å². The number of anilines is 1. The van der Waals surface area contributed by atoms with Crippen LogP contribution in [0.5, 0.6) is 11.5 Å². The van der Waals surface area contributed by atoms with E-state index in [4.69, 9.17) is 21.1 Å². The second-order valence-corrected chi connectivity index (χ2v) is 8.55. The first kappa shape index (κ1) is 23.6. The fraction of sp³-hybridized carbons (Fsp3) is 0.320. The van der Waals surface area contributed by atoms with Crippen molar-refractivity contribution in [3.8, 4) is 17.2 Å². The number of carbonyl (C=O) groups excluding carboxylic acids is 1. The zero-order chi connectivity index (χ0) is 24.1. The molecule has 0 spiro atoms. The van der Waals surface area contributed by atoms with Crippen molar-refractivity contribution in [2.24, 2.45) is 5.92 Å². The molecule has 8 nitrogen and oxygen atoms in total. The SMILES string of the molecule is COc1ccc(CNC(=O)C2CCCN(c3ccc(=O)n(-c4cccc(Cl)c4)n3)C2)cc1OC. The Labute approximate surface area is 203 Å². The quantitative estimate of drug-likeness (QED) is 0.555. The number of hydrogen-bond donors (Lipinski definition) is 1. The van der Waals surface area contributed by atoms with Gasteiger partial charge in [-0.3, -0.25) is 9.59 Å². The molecule has 1 aliphatic heterocycles. The number of carbonyl (C=O) groups is 1. The molecule has 1 aliphatic rings. The van der Waals surface area contributed by atoms with Crippen LogP contribution in [0, 0.1) is 5.92 Å². The van der Waals surface area contributed by atoms with Crippen molar-refractivity contribution in [3.63, 3.8) is 0 Å². The van der Waals surface area contributed by atoms with E-state index in [0.717, 1.165) is 24.9 Å². The Bertz CT molecular complexity index is 1230. The standard InChI is InChI=1S/C25H27ClN4O4/c1-33-21-9-8-17(13-22(21)34-2)15-27-25(32)18-5-4-12-29(16-18)23-10-11-24(31)30(28-23)20-7-3-6-19(26)14-20/h3,6-11,13-14,18H,4-5,12,15-16H2,1-2H3,(H,27,32). The Morgan fingerprint density at radius 2 is 1.94 bits per heavy atom. The van der Waals surface area contributed by atoms with Gasteiger partial charge in [-0.1, -0.05) is 23.7 Å². The lowest BCUT2D eigenvalue weighted by molar-refractivity contribution is -0.125. The van der Waals surface area contributed by atoms with E-state index < -0.39 is 0 Å². The Morgan fingerprint density at radius 3 is 2.71 bits per heavy atom. The summed E-state index contributed by atoms with van der Waals surface area (Å²) in [6.07, 6.45) is 1.65. The van der Waals surface area contributed by atoms with Crippen molar-refractivity contribution in [2.75, 3.05) is 32.2 Å². The Morgan fingerprint density at radius 1 is 1.12 bits per heavy atom.